The number of nitrogens with two attached hydrogens (primary N) is 1. The number of carbonyl (C=O) groups is 1. The van der Waals surface area contributed by atoms with Gasteiger partial charge in [0.25, 0.3) is 5.91 Å². The molecule has 2 N–H and O–H groups in total. The van der Waals surface area contributed by atoms with E-state index in [1.54, 1.807) is 12.1 Å². The smallest absolute Gasteiger partial charge is 0.267 e. The quantitative estimate of drug-likeness (QED) is 0.520. The van der Waals surface area contributed by atoms with Gasteiger partial charge in [0.15, 0.2) is 0 Å². The molecule has 1 amide bonds. The molecule has 0 radical (unpaired) electrons. The van der Waals surface area contributed by atoms with Gasteiger partial charge in [-0.15, -0.1) is 12.4 Å². The summed E-state index contributed by atoms with van der Waals surface area (Å²) in [6, 6.07) is 14.9. The van der Waals surface area contributed by atoms with Crippen molar-refractivity contribution < 1.29 is 4.79 Å². The largest absolute Gasteiger partial charge is 0.272 e. The van der Waals surface area contributed by atoms with E-state index in [1.165, 1.54) is 5.01 Å². The number of benzene rings is 2. The van der Waals surface area contributed by atoms with Gasteiger partial charge in [0, 0.05) is 5.56 Å². The molecule has 0 spiro atoms. The maximum Gasteiger partial charge on any atom is 0.272 e. The highest BCUT2D eigenvalue weighted by Gasteiger charge is 2.13. The molecule has 0 unspecified atom stereocenters. The Kier molecular flexibility index (Phi) is 5.10. The highest BCUT2D eigenvalue weighted by Crippen LogP contribution is 2.15. The molecular weight excluding hydrogens is 260 g/mol. The zero-order valence-electron chi connectivity index (χ0n) is 11.0. The van der Waals surface area contributed by atoms with Crippen molar-refractivity contribution in [3.63, 3.8) is 0 Å². The number of nitrogens with zero attached hydrogens (tertiary/aromatic N) is 1. The average molecular weight is 277 g/mol. The van der Waals surface area contributed by atoms with E-state index in [1.807, 2.05) is 50.2 Å². The van der Waals surface area contributed by atoms with Crippen LogP contribution in [0.2, 0.25) is 0 Å². The van der Waals surface area contributed by atoms with Gasteiger partial charge in [-0.25, -0.2) is 10.9 Å². The van der Waals surface area contributed by atoms with Crippen LogP contribution in [-0.4, -0.2) is 5.91 Å². The average Bonchev–Trinajstić information content (AvgIpc) is 2.39. The van der Waals surface area contributed by atoms with Crippen LogP contribution in [0.25, 0.3) is 0 Å². The van der Waals surface area contributed by atoms with Crippen molar-refractivity contribution in [1.82, 2.24) is 0 Å². The van der Waals surface area contributed by atoms with E-state index in [4.69, 9.17) is 5.84 Å². The van der Waals surface area contributed by atoms with E-state index >= 15 is 0 Å². The highest BCUT2D eigenvalue weighted by molar-refractivity contribution is 6.05. The fraction of sp³-hybridized carbons (Fsp3) is 0.133. The molecule has 100 valence electrons. The summed E-state index contributed by atoms with van der Waals surface area (Å²) in [6.45, 7) is 3.97. The number of aryl methyl sites for hydroxylation is 2. The number of hydrogen-bond donors (Lipinski definition) is 1. The van der Waals surface area contributed by atoms with Gasteiger partial charge in [0.2, 0.25) is 0 Å². The zero-order chi connectivity index (χ0) is 13.1. The summed E-state index contributed by atoms with van der Waals surface area (Å²) >= 11 is 0. The van der Waals surface area contributed by atoms with Crippen molar-refractivity contribution in [2.45, 2.75) is 13.8 Å². The molecule has 3 nitrogen and oxygen atoms in total. The number of halogens is 1. The Labute approximate surface area is 119 Å². The van der Waals surface area contributed by atoms with Crippen LogP contribution in [0, 0.1) is 13.8 Å². The van der Waals surface area contributed by atoms with Crippen molar-refractivity contribution >= 4 is 24.0 Å². The first kappa shape index (κ1) is 15.2. The monoisotopic (exact) mass is 276 g/mol. The van der Waals surface area contributed by atoms with Gasteiger partial charge < -0.3 is 0 Å². The molecule has 0 saturated carbocycles. The number of carbonyl (C=O) groups excluding carboxylic acids is 1. The molecule has 19 heavy (non-hydrogen) atoms. The van der Waals surface area contributed by atoms with Crippen molar-refractivity contribution in [2.24, 2.45) is 5.84 Å². The van der Waals surface area contributed by atoms with E-state index in [0.717, 1.165) is 11.1 Å². The predicted molar refractivity (Wildman–Crippen MR) is 80.6 cm³/mol. The molecule has 0 aliphatic heterocycles. The van der Waals surface area contributed by atoms with Crippen LogP contribution in [0.1, 0.15) is 21.5 Å². The zero-order valence-corrected chi connectivity index (χ0v) is 11.8. The number of hydrogen-bond acceptors (Lipinski definition) is 2. The molecule has 4 heteroatoms. The topological polar surface area (TPSA) is 46.3 Å². The van der Waals surface area contributed by atoms with Gasteiger partial charge in [-0.2, -0.15) is 0 Å². The predicted octanol–water partition coefficient (Wildman–Crippen LogP) is 3.25. The summed E-state index contributed by atoms with van der Waals surface area (Å²) in [4.78, 5) is 12.1. The summed E-state index contributed by atoms with van der Waals surface area (Å²) in [5.74, 6) is 5.63. The van der Waals surface area contributed by atoms with Gasteiger partial charge in [0.05, 0.1) is 5.69 Å². The molecule has 0 saturated heterocycles. The minimum absolute atomic E-state index is 0. The van der Waals surface area contributed by atoms with E-state index in [0.29, 0.717) is 11.3 Å². The third kappa shape index (κ3) is 3.56. The molecule has 0 bridgehead atoms. The van der Waals surface area contributed by atoms with Crippen molar-refractivity contribution in [3.05, 3.63) is 65.2 Å². The lowest BCUT2D eigenvalue weighted by Gasteiger charge is -2.17. The SMILES string of the molecule is Cc1ccc(C(=O)N(N)c2ccc(C)cc2)cc1.Cl. The van der Waals surface area contributed by atoms with Crippen molar-refractivity contribution in [3.8, 4) is 0 Å². The molecule has 0 fully saturated rings. The molecule has 2 rings (SSSR count). The third-order valence-electron chi connectivity index (χ3n) is 2.83. The lowest BCUT2D eigenvalue weighted by Crippen LogP contribution is -2.37. The third-order valence-corrected chi connectivity index (χ3v) is 2.83. The normalized spacial score (nSPS) is 9.63. The Hall–Kier alpha value is -1.84. The molecular formula is C15H17ClN2O. The van der Waals surface area contributed by atoms with E-state index in [9.17, 15) is 4.79 Å². The Bertz CT molecular complexity index is 549. The van der Waals surface area contributed by atoms with Crippen molar-refractivity contribution in [2.75, 3.05) is 5.01 Å². The lowest BCUT2D eigenvalue weighted by atomic mass is 10.1. The summed E-state index contributed by atoms with van der Waals surface area (Å²) in [6.07, 6.45) is 0. The Morgan fingerprint density at radius 1 is 0.895 bits per heavy atom. The van der Waals surface area contributed by atoms with E-state index < -0.39 is 0 Å². The van der Waals surface area contributed by atoms with Gasteiger partial charge in [0.1, 0.15) is 0 Å². The van der Waals surface area contributed by atoms with Crippen LogP contribution in [0.5, 0.6) is 0 Å². The number of rotatable bonds is 2. The number of hydrazine groups is 1. The fourth-order valence-corrected chi connectivity index (χ4v) is 1.66. The van der Waals surface area contributed by atoms with Crippen LogP contribution >= 0.6 is 12.4 Å². The van der Waals surface area contributed by atoms with E-state index in [2.05, 4.69) is 0 Å². The highest BCUT2D eigenvalue weighted by atomic mass is 35.5. The minimum atomic E-state index is -0.209. The Morgan fingerprint density at radius 3 is 1.79 bits per heavy atom. The first-order valence-electron chi connectivity index (χ1n) is 5.80. The van der Waals surface area contributed by atoms with Crippen molar-refractivity contribution in [1.29, 1.82) is 0 Å². The second-order valence-electron chi connectivity index (χ2n) is 4.38. The molecule has 0 aliphatic carbocycles. The van der Waals surface area contributed by atoms with E-state index in [-0.39, 0.29) is 18.3 Å². The van der Waals surface area contributed by atoms with Gasteiger partial charge in [-0.05, 0) is 38.1 Å². The summed E-state index contributed by atoms with van der Waals surface area (Å²) < 4.78 is 0. The summed E-state index contributed by atoms with van der Waals surface area (Å²) in [5.41, 5.74) is 3.52. The molecule has 2 aromatic carbocycles. The second kappa shape index (κ2) is 6.36. The molecule has 0 aliphatic rings. The minimum Gasteiger partial charge on any atom is -0.267 e. The summed E-state index contributed by atoms with van der Waals surface area (Å²) in [5, 5.41) is 1.17. The van der Waals surface area contributed by atoms with Crippen LogP contribution in [0.3, 0.4) is 0 Å². The number of anilines is 1. The van der Waals surface area contributed by atoms with Crippen LogP contribution in [-0.2, 0) is 0 Å². The summed E-state index contributed by atoms with van der Waals surface area (Å²) in [7, 11) is 0. The Morgan fingerprint density at radius 2 is 1.32 bits per heavy atom. The molecule has 2 aromatic rings. The van der Waals surface area contributed by atoms with Crippen LogP contribution in [0.15, 0.2) is 48.5 Å². The maximum absolute atomic E-state index is 12.1. The van der Waals surface area contributed by atoms with Gasteiger partial charge >= 0.3 is 0 Å². The lowest BCUT2D eigenvalue weighted by molar-refractivity contribution is 0.0987. The standard InChI is InChI=1S/C15H16N2O.ClH/c1-11-3-7-13(8-4-11)15(18)17(16)14-9-5-12(2)6-10-14;/h3-10H,16H2,1-2H3;1H. The molecule has 0 aromatic heterocycles. The molecule has 0 atom stereocenters. The first-order valence-corrected chi connectivity index (χ1v) is 5.80. The fourth-order valence-electron chi connectivity index (χ4n) is 1.66. The van der Waals surface area contributed by atoms with Gasteiger partial charge in [-0.3, -0.25) is 4.79 Å². The first-order chi connectivity index (χ1) is 8.58. The maximum atomic E-state index is 12.1. The van der Waals surface area contributed by atoms with Crippen LogP contribution < -0.4 is 10.9 Å². The second-order valence-corrected chi connectivity index (χ2v) is 4.38. The van der Waals surface area contributed by atoms with Gasteiger partial charge in [-0.1, -0.05) is 35.4 Å². The number of amides is 1. The molecule has 0 heterocycles. The Balaban J connectivity index is 0.00000180. The van der Waals surface area contributed by atoms with Crippen LogP contribution in [0.4, 0.5) is 5.69 Å².